The molecule has 1 amide bonds. The van der Waals surface area contributed by atoms with Crippen LogP contribution in [0.3, 0.4) is 0 Å². The van der Waals surface area contributed by atoms with Crippen LogP contribution < -0.4 is 10.2 Å². The first kappa shape index (κ1) is 16.9. The van der Waals surface area contributed by atoms with Crippen molar-refractivity contribution in [3.05, 3.63) is 53.7 Å². The van der Waals surface area contributed by atoms with E-state index in [-0.39, 0.29) is 5.91 Å². The summed E-state index contributed by atoms with van der Waals surface area (Å²) >= 11 is 1.92. The first-order valence-electron chi connectivity index (χ1n) is 8.60. The first-order valence-corrected chi connectivity index (χ1v) is 9.75. The molecule has 0 radical (unpaired) electrons. The number of hydrogen-bond donors (Lipinski definition) is 1. The number of benzene rings is 1. The standard InChI is InChI=1S/C19H19N3O3S/c23-18(16-12-13-4-1-2-5-14(13)19(24)25-16)21-15-6-3-7-20-17(15)22-8-10-26-11-9-22/h1-7,16H,8-12H2,(H,21,23)/t16-/m0/s1. The summed E-state index contributed by atoms with van der Waals surface area (Å²) in [6, 6.07) is 10.9. The third kappa shape index (κ3) is 3.39. The highest BCUT2D eigenvalue weighted by molar-refractivity contribution is 7.99. The van der Waals surface area contributed by atoms with Crippen molar-refractivity contribution in [2.45, 2.75) is 12.5 Å². The normalized spacial score (nSPS) is 19.5. The molecule has 6 nitrogen and oxygen atoms in total. The Kier molecular flexibility index (Phi) is 4.79. The van der Waals surface area contributed by atoms with Gasteiger partial charge in [0.25, 0.3) is 5.91 Å². The van der Waals surface area contributed by atoms with Gasteiger partial charge in [0.1, 0.15) is 0 Å². The summed E-state index contributed by atoms with van der Waals surface area (Å²) in [6.45, 7) is 1.80. The summed E-state index contributed by atoms with van der Waals surface area (Å²) in [4.78, 5) is 31.5. The van der Waals surface area contributed by atoms with Gasteiger partial charge in [-0.3, -0.25) is 4.79 Å². The zero-order chi connectivity index (χ0) is 17.9. The molecule has 2 aromatic rings. The molecule has 0 saturated carbocycles. The van der Waals surface area contributed by atoms with Crippen molar-refractivity contribution in [3.8, 4) is 0 Å². The van der Waals surface area contributed by atoms with Crippen molar-refractivity contribution in [3.63, 3.8) is 0 Å². The van der Waals surface area contributed by atoms with Gasteiger partial charge >= 0.3 is 5.97 Å². The zero-order valence-electron chi connectivity index (χ0n) is 14.2. The number of fused-ring (bicyclic) bond motifs is 1. The fourth-order valence-electron chi connectivity index (χ4n) is 3.21. The predicted octanol–water partition coefficient (Wildman–Crippen LogP) is 2.36. The van der Waals surface area contributed by atoms with Gasteiger partial charge < -0.3 is 15.0 Å². The fraction of sp³-hybridized carbons (Fsp3) is 0.316. The average molecular weight is 369 g/mol. The Morgan fingerprint density at radius 3 is 2.85 bits per heavy atom. The lowest BCUT2D eigenvalue weighted by Crippen LogP contribution is -2.39. The van der Waals surface area contributed by atoms with E-state index in [1.165, 1.54) is 0 Å². The molecule has 1 aromatic carbocycles. The van der Waals surface area contributed by atoms with Crippen LogP contribution in [0.1, 0.15) is 15.9 Å². The number of hydrogen-bond acceptors (Lipinski definition) is 6. The second-order valence-corrected chi connectivity index (χ2v) is 7.44. The maximum Gasteiger partial charge on any atom is 0.339 e. The largest absolute Gasteiger partial charge is 0.448 e. The van der Waals surface area contributed by atoms with E-state index >= 15 is 0 Å². The third-order valence-corrected chi connectivity index (χ3v) is 5.48. The quantitative estimate of drug-likeness (QED) is 0.838. The number of rotatable bonds is 3. The zero-order valence-corrected chi connectivity index (χ0v) is 15.0. The lowest BCUT2D eigenvalue weighted by Gasteiger charge is -2.29. The number of aromatic nitrogens is 1. The molecule has 26 heavy (non-hydrogen) atoms. The SMILES string of the molecule is O=C1O[C@H](C(=O)Nc2cccnc2N2CCSCC2)Cc2ccccc21. The Morgan fingerprint density at radius 1 is 1.19 bits per heavy atom. The van der Waals surface area contributed by atoms with Gasteiger partial charge in [-0.05, 0) is 23.8 Å². The smallest absolute Gasteiger partial charge is 0.339 e. The van der Waals surface area contributed by atoms with E-state index in [2.05, 4.69) is 15.2 Å². The van der Waals surface area contributed by atoms with Gasteiger partial charge in [-0.2, -0.15) is 11.8 Å². The number of amides is 1. The average Bonchev–Trinajstić information content (AvgIpc) is 2.69. The fourth-order valence-corrected chi connectivity index (χ4v) is 4.12. The van der Waals surface area contributed by atoms with Gasteiger partial charge in [-0.1, -0.05) is 18.2 Å². The molecule has 2 aliphatic rings. The maximum absolute atomic E-state index is 12.7. The third-order valence-electron chi connectivity index (χ3n) is 4.54. The van der Waals surface area contributed by atoms with Crippen LogP contribution in [-0.4, -0.2) is 47.6 Å². The van der Waals surface area contributed by atoms with Crippen molar-refractivity contribution in [1.29, 1.82) is 0 Å². The number of cyclic esters (lactones) is 1. The van der Waals surface area contributed by atoms with E-state index in [9.17, 15) is 9.59 Å². The molecule has 134 valence electrons. The predicted molar refractivity (Wildman–Crippen MR) is 102 cm³/mol. The van der Waals surface area contributed by atoms with E-state index in [1.807, 2.05) is 30.0 Å². The van der Waals surface area contributed by atoms with Crippen LogP contribution in [0, 0.1) is 0 Å². The van der Waals surface area contributed by atoms with Gasteiger partial charge in [0.15, 0.2) is 11.9 Å². The van der Waals surface area contributed by atoms with Crippen LogP contribution in [-0.2, 0) is 16.0 Å². The van der Waals surface area contributed by atoms with Crippen molar-refractivity contribution < 1.29 is 14.3 Å². The number of esters is 1. The monoisotopic (exact) mass is 369 g/mol. The summed E-state index contributed by atoms with van der Waals surface area (Å²) in [5.41, 5.74) is 2.02. The molecule has 1 atom stereocenters. The van der Waals surface area contributed by atoms with Crippen LogP contribution >= 0.6 is 11.8 Å². The van der Waals surface area contributed by atoms with Crippen LogP contribution in [0.2, 0.25) is 0 Å². The molecule has 1 saturated heterocycles. The van der Waals surface area contributed by atoms with E-state index in [4.69, 9.17) is 4.74 Å². The Morgan fingerprint density at radius 2 is 2.00 bits per heavy atom. The van der Waals surface area contributed by atoms with Crippen LogP contribution in [0.5, 0.6) is 0 Å². The minimum atomic E-state index is -0.831. The molecule has 1 aromatic heterocycles. The van der Waals surface area contributed by atoms with Crippen molar-refractivity contribution in [2.75, 3.05) is 34.8 Å². The molecule has 1 N–H and O–H groups in total. The maximum atomic E-state index is 12.7. The molecule has 0 aliphatic carbocycles. The van der Waals surface area contributed by atoms with Gasteiger partial charge in [-0.15, -0.1) is 0 Å². The topological polar surface area (TPSA) is 71.5 Å². The number of ether oxygens (including phenoxy) is 1. The highest BCUT2D eigenvalue weighted by atomic mass is 32.2. The van der Waals surface area contributed by atoms with Gasteiger partial charge in [-0.25, -0.2) is 9.78 Å². The number of thioether (sulfide) groups is 1. The molecule has 4 rings (SSSR count). The van der Waals surface area contributed by atoms with Crippen molar-refractivity contribution in [1.82, 2.24) is 4.98 Å². The molecule has 1 fully saturated rings. The Labute approximate surface area is 155 Å². The molecule has 0 spiro atoms. The van der Waals surface area contributed by atoms with Crippen LogP contribution in [0.15, 0.2) is 42.6 Å². The first-order chi connectivity index (χ1) is 12.7. The number of carbonyl (C=O) groups is 2. The lowest BCUT2D eigenvalue weighted by atomic mass is 9.98. The summed E-state index contributed by atoms with van der Waals surface area (Å²) in [5.74, 6) is 2.07. The number of pyridine rings is 1. The van der Waals surface area contributed by atoms with Gasteiger partial charge in [0.05, 0.1) is 11.3 Å². The highest BCUT2D eigenvalue weighted by Crippen LogP contribution is 2.27. The number of carbonyl (C=O) groups excluding carboxylic acids is 2. The molecule has 0 unspecified atom stereocenters. The van der Waals surface area contributed by atoms with Crippen molar-refractivity contribution >= 4 is 35.1 Å². The van der Waals surface area contributed by atoms with Crippen molar-refractivity contribution in [2.24, 2.45) is 0 Å². The minimum absolute atomic E-state index is 0.325. The van der Waals surface area contributed by atoms with Gasteiger partial charge in [0.2, 0.25) is 0 Å². The lowest BCUT2D eigenvalue weighted by molar-refractivity contribution is -0.125. The van der Waals surface area contributed by atoms with E-state index < -0.39 is 12.1 Å². The minimum Gasteiger partial charge on any atom is -0.448 e. The van der Waals surface area contributed by atoms with E-state index in [0.717, 1.165) is 36.0 Å². The van der Waals surface area contributed by atoms with Gasteiger partial charge in [0, 0.05) is 37.2 Å². The molecular weight excluding hydrogens is 350 g/mol. The summed E-state index contributed by atoms with van der Waals surface area (Å²) in [5, 5.41) is 2.90. The summed E-state index contributed by atoms with van der Waals surface area (Å²) in [6.07, 6.45) is 1.27. The second-order valence-electron chi connectivity index (χ2n) is 6.22. The molecule has 2 aliphatic heterocycles. The highest BCUT2D eigenvalue weighted by Gasteiger charge is 2.31. The molecule has 0 bridgehead atoms. The molecule has 7 heteroatoms. The molecular formula is C19H19N3O3S. The second kappa shape index (κ2) is 7.37. The van der Waals surface area contributed by atoms with E-state index in [0.29, 0.717) is 17.7 Å². The van der Waals surface area contributed by atoms with Crippen LogP contribution in [0.25, 0.3) is 0 Å². The Balaban J connectivity index is 1.52. The number of nitrogens with zero attached hydrogens (tertiary/aromatic N) is 2. The van der Waals surface area contributed by atoms with Crippen LogP contribution in [0.4, 0.5) is 11.5 Å². The number of anilines is 2. The molecule has 3 heterocycles. The number of nitrogens with one attached hydrogen (secondary N) is 1. The Bertz CT molecular complexity index is 836. The summed E-state index contributed by atoms with van der Waals surface area (Å²) < 4.78 is 5.34. The summed E-state index contributed by atoms with van der Waals surface area (Å²) in [7, 11) is 0. The Hall–Kier alpha value is -2.54. The van der Waals surface area contributed by atoms with E-state index in [1.54, 1.807) is 24.4 Å².